The van der Waals surface area contributed by atoms with Crippen LogP contribution in [-0.4, -0.2) is 46.2 Å². The number of nitrogens with one attached hydrogen (secondary N) is 2. The van der Waals surface area contributed by atoms with Crippen molar-refractivity contribution in [1.82, 2.24) is 25.4 Å². The van der Waals surface area contributed by atoms with E-state index < -0.39 is 0 Å². The minimum absolute atomic E-state index is 0. The van der Waals surface area contributed by atoms with Gasteiger partial charge in [-0.2, -0.15) is 0 Å². The van der Waals surface area contributed by atoms with Crippen molar-refractivity contribution in [3.05, 3.63) is 66.2 Å². The summed E-state index contributed by atoms with van der Waals surface area (Å²) in [6, 6.07) is 14.2. The second-order valence-corrected chi connectivity index (χ2v) is 6.28. The molecule has 0 saturated carbocycles. The van der Waals surface area contributed by atoms with Crippen LogP contribution in [-0.2, 0) is 6.54 Å². The summed E-state index contributed by atoms with van der Waals surface area (Å²) in [7, 11) is 1.80. The van der Waals surface area contributed by atoms with Gasteiger partial charge in [0.2, 0.25) is 5.82 Å². The first-order valence-electron chi connectivity index (χ1n) is 8.98. The fourth-order valence-corrected chi connectivity index (χ4v) is 3.16. The largest absolute Gasteiger partial charge is 0.461 e. The number of hydrogen-bond donors (Lipinski definition) is 2. The number of aromatic amines is 1. The number of rotatable bonds is 4. The summed E-state index contributed by atoms with van der Waals surface area (Å²) in [6.45, 7) is 2.28. The van der Waals surface area contributed by atoms with Crippen LogP contribution in [0.2, 0.25) is 0 Å². The molecule has 4 rings (SSSR count). The molecule has 1 aliphatic heterocycles. The first-order chi connectivity index (χ1) is 13.3. The molecule has 8 heteroatoms. The standard InChI is InChI=1S/C20H22N6O.HI/c1-21-20(22-14-18-23-19(25-24-18)17-8-5-13-27-17)26-11-9-16(10-12-26)15-6-3-2-4-7-15;/h2-9,13H,10-12,14H2,1H3,(H,21,22)(H,23,24,25);1H. The van der Waals surface area contributed by atoms with E-state index in [4.69, 9.17) is 4.42 Å². The Morgan fingerprint density at radius 2 is 2.11 bits per heavy atom. The number of aromatic nitrogens is 3. The zero-order valence-electron chi connectivity index (χ0n) is 15.6. The van der Waals surface area contributed by atoms with Crippen molar-refractivity contribution in [1.29, 1.82) is 0 Å². The van der Waals surface area contributed by atoms with Crippen LogP contribution in [0.25, 0.3) is 17.2 Å². The minimum atomic E-state index is 0. The molecule has 3 aromatic rings. The molecule has 0 bridgehead atoms. The summed E-state index contributed by atoms with van der Waals surface area (Å²) in [5, 5.41) is 10.5. The van der Waals surface area contributed by atoms with Gasteiger partial charge in [-0.15, -0.1) is 29.1 Å². The van der Waals surface area contributed by atoms with E-state index in [1.807, 2.05) is 18.2 Å². The zero-order chi connectivity index (χ0) is 18.5. The van der Waals surface area contributed by atoms with Gasteiger partial charge in [-0.3, -0.25) is 10.1 Å². The van der Waals surface area contributed by atoms with Crippen molar-refractivity contribution >= 4 is 35.5 Å². The second-order valence-electron chi connectivity index (χ2n) is 6.28. The summed E-state index contributed by atoms with van der Waals surface area (Å²) in [6.07, 6.45) is 4.88. The number of halogens is 1. The molecule has 0 radical (unpaired) electrons. The van der Waals surface area contributed by atoms with Crippen LogP contribution in [0, 0.1) is 0 Å². The number of H-pyrrole nitrogens is 1. The topological polar surface area (TPSA) is 82.3 Å². The summed E-state index contributed by atoms with van der Waals surface area (Å²) >= 11 is 0. The van der Waals surface area contributed by atoms with Crippen LogP contribution >= 0.6 is 24.0 Å². The molecule has 7 nitrogen and oxygen atoms in total. The Hall–Kier alpha value is -2.62. The summed E-state index contributed by atoms with van der Waals surface area (Å²) < 4.78 is 5.32. The predicted octanol–water partition coefficient (Wildman–Crippen LogP) is 3.55. The smallest absolute Gasteiger partial charge is 0.216 e. The first kappa shape index (κ1) is 20.1. The fourth-order valence-electron chi connectivity index (χ4n) is 3.16. The van der Waals surface area contributed by atoms with E-state index in [1.54, 1.807) is 13.3 Å². The predicted molar refractivity (Wildman–Crippen MR) is 120 cm³/mol. The van der Waals surface area contributed by atoms with Crippen LogP contribution in [0.1, 0.15) is 17.8 Å². The van der Waals surface area contributed by atoms with Crippen LogP contribution in [0.3, 0.4) is 0 Å². The Morgan fingerprint density at radius 3 is 2.79 bits per heavy atom. The van der Waals surface area contributed by atoms with Crippen molar-refractivity contribution in [2.75, 3.05) is 20.1 Å². The number of furan rings is 1. The van der Waals surface area contributed by atoms with Gasteiger partial charge in [0.15, 0.2) is 11.7 Å². The van der Waals surface area contributed by atoms with Crippen molar-refractivity contribution in [2.45, 2.75) is 13.0 Å². The lowest BCUT2D eigenvalue weighted by Gasteiger charge is -2.29. The Kier molecular flexibility index (Phi) is 6.85. The van der Waals surface area contributed by atoms with Gasteiger partial charge in [0.1, 0.15) is 5.82 Å². The molecule has 146 valence electrons. The SMILES string of the molecule is CN=C(NCc1nc(-c2ccco2)n[nH]1)N1CC=C(c2ccccc2)CC1.I. The van der Waals surface area contributed by atoms with Crippen molar-refractivity contribution in [3.8, 4) is 11.6 Å². The number of benzene rings is 1. The molecule has 0 atom stereocenters. The van der Waals surface area contributed by atoms with E-state index in [2.05, 4.69) is 60.7 Å². The zero-order valence-corrected chi connectivity index (χ0v) is 18.0. The molecular weight excluding hydrogens is 467 g/mol. The lowest BCUT2D eigenvalue weighted by molar-refractivity contribution is 0.439. The van der Waals surface area contributed by atoms with Gasteiger partial charge in [0, 0.05) is 20.1 Å². The highest BCUT2D eigenvalue weighted by Gasteiger charge is 2.16. The molecule has 0 saturated heterocycles. The van der Waals surface area contributed by atoms with E-state index >= 15 is 0 Å². The van der Waals surface area contributed by atoms with E-state index in [0.29, 0.717) is 18.1 Å². The van der Waals surface area contributed by atoms with Crippen molar-refractivity contribution in [2.24, 2.45) is 4.99 Å². The van der Waals surface area contributed by atoms with Gasteiger partial charge in [0.05, 0.1) is 12.8 Å². The highest BCUT2D eigenvalue weighted by Crippen LogP contribution is 2.22. The molecule has 1 aromatic carbocycles. The van der Waals surface area contributed by atoms with Gasteiger partial charge in [-0.05, 0) is 29.7 Å². The average molecular weight is 490 g/mol. The third kappa shape index (κ3) is 4.61. The highest BCUT2D eigenvalue weighted by molar-refractivity contribution is 14.0. The van der Waals surface area contributed by atoms with Gasteiger partial charge >= 0.3 is 0 Å². The number of nitrogens with zero attached hydrogens (tertiary/aromatic N) is 4. The van der Waals surface area contributed by atoms with Crippen molar-refractivity contribution in [3.63, 3.8) is 0 Å². The Morgan fingerprint density at radius 1 is 1.25 bits per heavy atom. The molecule has 2 aromatic heterocycles. The highest BCUT2D eigenvalue weighted by atomic mass is 127. The summed E-state index contributed by atoms with van der Waals surface area (Å²) in [5.74, 6) is 2.80. The van der Waals surface area contributed by atoms with E-state index in [1.165, 1.54) is 11.1 Å². The van der Waals surface area contributed by atoms with E-state index in [9.17, 15) is 0 Å². The molecule has 0 fully saturated rings. The van der Waals surface area contributed by atoms with Gasteiger partial charge < -0.3 is 14.6 Å². The number of aliphatic imine (C=N–C) groups is 1. The van der Waals surface area contributed by atoms with E-state index in [-0.39, 0.29) is 24.0 Å². The number of guanidine groups is 1. The maximum atomic E-state index is 5.32. The average Bonchev–Trinajstić information content (AvgIpc) is 3.41. The van der Waals surface area contributed by atoms with E-state index in [0.717, 1.165) is 31.3 Å². The Balaban J connectivity index is 0.00000225. The van der Waals surface area contributed by atoms with Crippen LogP contribution in [0.5, 0.6) is 0 Å². The normalized spacial score (nSPS) is 14.4. The third-order valence-corrected chi connectivity index (χ3v) is 4.55. The molecule has 0 spiro atoms. The van der Waals surface area contributed by atoms with Crippen LogP contribution in [0.15, 0.2) is 64.2 Å². The third-order valence-electron chi connectivity index (χ3n) is 4.55. The maximum absolute atomic E-state index is 5.32. The summed E-state index contributed by atoms with van der Waals surface area (Å²) in [5.41, 5.74) is 2.69. The molecule has 3 heterocycles. The molecule has 0 amide bonds. The van der Waals surface area contributed by atoms with Crippen LogP contribution in [0.4, 0.5) is 0 Å². The molecule has 28 heavy (non-hydrogen) atoms. The molecule has 1 aliphatic rings. The Bertz CT molecular complexity index is 933. The minimum Gasteiger partial charge on any atom is -0.461 e. The first-order valence-corrected chi connectivity index (χ1v) is 8.98. The Labute approximate surface area is 181 Å². The number of hydrogen-bond acceptors (Lipinski definition) is 4. The maximum Gasteiger partial charge on any atom is 0.216 e. The molecular formula is C20H23IN6O. The second kappa shape index (κ2) is 9.54. The fraction of sp³-hybridized carbons (Fsp3) is 0.250. The summed E-state index contributed by atoms with van der Waals surface area (Å²) in [4.78, 5) is 11.1. The quantitative estimate of drug-likeness (QED) is 0.332. The van der Waals surface area contributed by atoms with Gasteiger partial charge in [-0.1, -0.05) is 36.4 Å². The van der Waals surface area contributed by atoms with Gasteiger partial charge in [-0.25, -0.2) is 4.98 Å². The van der Waals surface area contributed by atoms with Gasteiger partial charge in [0.25, 0.3) is 0 Å². The van der Waals surface area contributed by atoms with Crippen molar-refractivity contribution < 1.29 is 4.42 Å². The molecule has 0 unspecified atom stereocenters. The monoisotopic (exact) mass is 490 g/mol. The molecule has 0 aliphatic carbocycles. The molecule has 2 N–H and O–H groups in total. The van der Waals surface area contributed by atoms with Crippen LogP contribution < -0.4 is 5.32 Å². The lowest BCUT2D eigenvalue weighted by Crippen LogP contribution is -2.43. The lowest BCUT2D eigenvalue weighted by atomic mass is 10.00.